The number of nitrogens with one attached hydrogen (secondary N) is 1. The summed E-state index contributed by atoms with van der Waals surface area (Å²) < 4.78 is 0. The van der Waals surface area contributed by atoms with Gasteiger partial charge in [0.2, 0.25) is 5.91 Å². The van der Waals surface area contributed by atoms with E-state index in [1.165, 1.54) is 5.56 Å². The molecule has 1 N–H and O–H groups in total. The maximum atomic E-state index is 12.2. The van der Waals surface area contributed by atoms with Crippen LogP contribution < -0.4 is 5.32 Å². The average Bonchev–Trinajstić information content (AvgIpc) is 2.80. The molecule has 1 amide bonds. The Bertz CT molecular complexity index is 493. The highest BCUT2D eigenvalue weighted by Crippen LogP contribution is 2.26. The minimum atomic E-state index is -0.0523. The second kappa shape index (κ2) is 6.16. The maximum Gasteiger partial charge on any atom is 0.238 e. The first-order chi connectivity index (χ1) is 9.85. The second-order valence-electron chi connectivity index (χ2n) is 6.61. The number of hydrogen-bond donors (Lipinski definition) is 1. The Morgan fingerprint density at radius 1 is 1.29 bits per heavy atom. The largest absolute Gasteiger partial charge is 0.320 e. The fraction of sp³-hybridized carbons (Fsp3) is 0.588. The average molecular weight is 289 g/mol. The van der Waals surface area contributed by atoms with Gasteiger partial charge in [0.1, 0.15) is 6.17 Å². The van der Waals surface area contributed by atoms with Crippen LogP contribution in [0.3, 0.4) is 0 Å². The summed E-state index contributed by atoms with van der Waals surface area (Å²) in [5, 5.41) is 3.33. The van der Waals surface area contributed by atoms with E-state index in [4.69, 9.17) is 0 Å². The maximum absolute atomic E-state index is 12.2. The Morgan fingerprint density at radius 2 is 1.90 bits per heavy atom. The van der Waals surface area contributed by atoms with E-state index in [1.54, 1.807) is 0 Å². The molecular formula is C17H27N3O. The predicted octanol–water partition coefficient (Wildman–Crippen LogP) is 2.02. The van der Waals surface area contributed by atoms with Gasteiger partial charge in [0.05, 0.1) is 6.54 Å². The molecule has 4 heteroatoms. The number of aryl methyl sites for hydroxylation is 1. The van der Waals surface area contributed by atoms with Crippen LogP contribution in [0.5, 0.6) is 0 Å². The lowest BCUT2D eigenvalue weighted by atomic mass is 10.0. The van der Waals surface area contributed by atoms with Crippen LogP contribution in [0.2, 0.25) is 0 Å². The standard InChI is InChI=1S/C17H27N3O/c1-6-13-7-9-14(10-8-13)16-18-11-15(21)20(16)12-17(2,3)19(4)5/h7-10,16,18H,6,11-12H2,1-5H3. The van der Waals surface area contributed by atoms with Gasteiger partial charge in [0.15, 0.2) is 0 Å². The molecule has 0 bridgehead atoms. The third-order valence-corrected chi connectivity index (χ3v) is 4.55. The SMILES string of the molecule is CCc1ccc(C2NCC(=O)N2CC(C)(C)N(C)C)cc1. The number of rotatable bonds is 5. The normalized spacial score (nSPS) is 19.6. The third kappa shape index (κ3) is 3.44. The number of hydrogen-bond acceptors (Lipinski definition) is 3. The van der Waals surface area contributed by atoms with Crippen molar-refractivity contribution in [1.29, 1.82) is 0 Å². The van der Waals surface area contributed by atoms with Crippen LogP contribution in [0, 0.1) is 0 Å². The molecule has 0 radical (unpaired) electrons. The van der Waals surface area contributed by atoms with Crippen LogP contribution in [-0.4, -0.2) is 48.4 Å². The summed E-state index contributed by atoms with van der Waals surface area (Å²) in [6.07, 6.45) is 1.02. The highest BCUT2D eigenvalue weighted by Gasteiger charge is 2.36. The van der Waals surface area contributed by atoms with E-state index in [9.17, 15) is 4.79 Å². The first-order valence-electron chi connectivity index (χ1n) is 7.64. The van der Waals surface area contributed by atoms with Crippen molar-refractivity contribution in [1.82, 2.24) is 15.1 Å². The lowest BCUT2D eigenvalue weighted by Gasteiger charge is -2.38. The molecule has 1 aliphatic heterocycles. The van der Waals surface area contributed by atoms with Gasteiger partial charge in [-0.3, -0.25) is 10.1 Å². The minimum Gasteiger partial charge on any atom is -0.320 e. The van der Waals surface area contributed by atoms with E-state index in [1.807, 2.05) is 4.90 Å². The molecule has 1 saturated heterocycles. The fourth-order valence-electron chi connectivity index (χ4n) is 2.51. The molecule has 1 fully saturated rings. The zero-order valence-electron chi connectivity index (χ0n) is 13.8. The van der Waals surface area contributed by atoms with Gasteiger partial charge in [-0.2, -0.15) is 0 Å². The molecule has 0 spiro atoms. The Balaban J connectivity index is 2.19. The van der Waals surface area contributed by atoms with E-state index in [0.717, 1.165) is 12.0 Å². The number of benzene rings is 1. The summed E-state index contributed by atoms with van der Waals surface area (Å²) >= 11 is 0. The number of nitrogens with zero attached hydrogens (tertiary/aromatic N) is 2. The van der Waals surface area contributed by atoms with Gasteiger partial charge in [0.25, 0.3) is 0 Å². The molecule has 1 unspecified atom stereocenters. The fourth-order valence-corrected chi connectivity index (χ4v) is 2.51. The number of carbonyl (C=O) groups excluding carboxylic acids is 1. The first kappa shape index (κ1) is 16.0. The third-order valence-electron chi connectivity index (χ3n) is 4.55. The van der Waals surface area contributed by atoms with Crippen molar-refractivity contribution in [3.63, 3.8) is 0 Å². The smallest absolute Gasteiger partial charge is 0.238 e. The summed E-state index contributed by atoms with van der Waals surface area (Å²) in [5.41, 5.74) is 2.43. The molecule has 1 aromatic carbocycles. The van der Waals surface area contributed by atoms with E-state index < -0.39 is 0 Å². The van der Waals surface area contributed by atoms with Gasteiger partial charge in [0, 0.05) is 12.1 Å². The van der Waals surface area contributed by atoms with Gasteiger partial charge >= 0.3 is 0 Å². The quantitative estimate of drug-likeness (QED) is 0.901. The van der Waals surface area contributed by atoms with Crippen molar-refractivity contribution < 1.29 is 4.79 Å². The number of likely N-dealkylation sites (N-methyl/N-ethyl adjacent to an activating group) is 1. The summed E-state index contributed by atoms with van der Waals surface area (Å²) in [5.74, 6) is 0.175. The molecule has 1 atom stereocenters. The summed E-state index contributed by atoms with van der Waals surface area (Å²) in [6.45, 7) is 7.61. The van der Waals surface area contributed by atoms with Crippen molar-refractivity contribution in [2.24, 2.45) is 0 Å². The van der Waals surface area contributed by atoms with Gasteiger partial charge < -0.3 is 9.80 Å². The summed E-state index contributed by atoms with van der Waals surface area (Å²) in [4.78, 5) is 16.3. The molecule has 1 heterocycles. The van der Waals surface area contributed by atoms with E-state index in [-0.39, 0.29) is 17.6 Å². The minimum absolute atomic E-state index is 0.0115. The van der Waals surface area contributed by atoms with Gasteiger partial charge in [-0.25, -0.2) is 0 Å². The van der Waals surface area contributed by atoms with Crippen LogP contribution in [0.1, 0.15) is 38.1 Å². The predicted molar refractivity (Wildman–Crippen MR) is 86.0 cm³/mol. The molecular weight excluding hydrogens is 262 g/mol. The van der Waals surface area contributed by atoms with Gasteiger partial charge in [-0.05, 0) is 45.5 Å². The molecule has 0 saturated carbocycles. The topological polar surface area (TPSA) is 35.6 Å². The molecule has 0 aromatic heterocycles. The lowest BCUT2D eigenvalue weighted by Crippen LogP contribution is -2.49. The van der Waals surface area contributed by atoms with Crippen molar-refractivity contribution in [3.05, 3.63) is 35.4 Å². The summed E-state index contributed by atoms with van der Waals surface area (Å²) in [7, 11) is 4.11. The van der Waals surface area contributed by atoms with Crippen molar-refractivity contribution in [2.45, 2.75) is 38.9 Å². The van der Waals surface area contributed by atoms with Crippen LogP contribution in [0.25, 0.3) is 0 Å². The Labute approximate surface area is 128 Å². The monoisotopic (exact) mass is 289 g/mol. The van der Waals surface area contributed by atoms with E-state index in [2.05, 4.69) is 69.3 Å². The molecule has 0 aliphatic carbocycles. The molecule has 1 aliphatic rings. The van der Waals surface area contributed by atoms with Crippen molar-refractivity contribution in [3.8, 4) is 0 Å². The van der Waals surface area contributed by atoms with Gasteiger partial charge in [-0.15, -0.1) is 0 Å². The number of carbonyl (C=O) groups is 1. The second-order valence-corrected chi connectivity index (χ2v) is 6.61. The zero-order chi connectivity index (χ0) is 15.6. The Morgan fingerprint density at radius 3 is 2.43 bits per heavy atom. The molecule has 2 rings (SSSR count). The lowest BCUT2D eigenvalue weighted by molar-refractivity contribution is -0.129. The van der Waals surface area contributed by atoms with Crippen LogP contribution in [-0.2, 0) is 11.2 Å². The molecule has 4 nitrogen and oxygen atoms in total. The molecule has 116 valence electrons. The highest BCUT2D eigenvalue weighted by atomic mass is 16.2. The van der Waals surface area contributed by atoms with Crippen LogP contribution in [0.15, 0.2) is 24.3 Å². The zero-order valence-corrected chi connectivity index (χ0v) is 13.8. The van der Waals surface area contributed by atoms with E-state index in [0.29, 0.717) is 13.1 Å². The van der Waals surface area contributed by atoms with Crippen molar-refractivity contribution in [2.75, 3.05) is 27.2 Å². The number of amides is 1. The highest BCUT2D eigenvalue weighted by molar-refractivity contribution is 5.81. The van der Waals surface area contributed by atoms with Crippen molar-refractivity contribution >= 4 is 5.91 Å². The van der Waals surface area contributed by atoms with Crippen LogP contribution in [0.4, 0.5) is 0 Å². The molecule has 21 heavy (non-hydrogen) atoms. The first-order valence-corrected chi connectivity index (χ1v) is 7.64. The Hall–Kier alpha value is -1.39. The molecule has 1 aromatic rings. The van der Waals surface area contributed by atoms with Gasteiger partial charge in [-0.1, -0.05) is 31.2 Å². The Kier molecular flexibility index (Phi) is 4.69. The van der Waals surface area contributed by atoms with E-state index >= 15 is 0 Å². The van der Waals surface area contributed by atoms with Crippen LogP contribution >= 0.6 is 0 Å². The summed E-state index contributed by atoms with van der Waals surface area (Å²) in [6, 6.07) is 8.56.